The molecule has 0 radical (unpaired) electrons. The quantitative estimate of drug-likeness (QED) is 0.719. The molecule has 0 N–H and O–H groups in total. The lowest BCUT2D eigenvalue weighted by molar-refractivity contribution is -0.135. The second kappa shape index (κ2) is 8.84. The van der Waals surface area contributed by atoms with Crippen molar-refractivity contribution in [2.24, 2.45) is 0 Å². The standard InChI is InChI=1S/C21H27N3O4S/c1-22(29(3,26)27)20(17-9-5-4-6-10-17)21(25)24-15-13-23(14-16-24)18-11-7-8-12-19(18)28-2/h4-12,20H,13-16H2,1-3H3. The summed E-state index contributed by atoms with van der Waals surface area (Å²) in [6, 6.07) is 16.0. The molecule has 1 unspecified atom stereocenters. The Morgan fingerprint density at radius 1 is 1.00 bits per heavy atom. The SMILES string of the molecule is COc1ccccc1N1CCN(C(=O)C(c2ccccc2)N(C)S(C)(=O)=O)CC1. The highest BCUT2D eigenvalue weighted by atomic mass is 32.2. The van der Waals surface area contributed by atoms with Gasteiger partial charge in [0.1, 0.15) is 11.8 Å². The molecule has 1 aliphatic heterocycles. The van der Waals surface area contributed by atoms with E-state index < -0.39 is 16.1 Å². The molecular formula is C21H27N3O4S. The van der Waals surface area contributed by atoms with E-state index in [0.29, 0.717) is 31.7 Å². The second-order valence-corrected chi connectivity index (χ2v) is 9.12. The van der Waals surface area contributed by atoms with E-state index >= 15 is 0 Å². The van der Waals surface area contributed by atoms with Crippen LogP contribution < -0.4 is 9.64 Å². The minimum Gasteiger partial charge on any atom is -0.495 e. The molecule has 7 nitrogen and oxygen atoms in total. The molecule has 2 aromatic rings. The lowest BCUT2D eigenvalue weighted by Crippen LogP contribution is -2.52. The highest BCUT2D eigenvalue weighted by Crippen LogP contribution is 2.30. The normalized spacial score (nSPS) is 16.0. The summed E-state index contributed by atoms with van der Waals surface area (Å²) in [4.78, 5) is 17.3. The van der Waals surface area contributed by atoms with Crippen LogP contribution in [0, 0.1) is 0 Å². The topological polar surface area (TPSA) is 70.2 Å². The van der Waals surface area contributed by atoms with Crippen molar-refractivity contribution in [3.63, 3.8) is 0 Å². The number of likely N-dealkylation sites (N-methyl/N-ethyl adjacent to an activating group) is 1. The average Bonchev–Trinajstić information content (AvgIpc) is 2.74. The molecule has 0 aromatic heterocycles. The first kappa shape index (κ1) is 21.1. The average molecular weight is 418 g/mol. The Hall–Kier alpha value is -2.58. The number of nitrogens with zero attached hydrogens (tertiary/aromatic N) is 3. The van der Waals surface area contributed by atoms with Gasteiger partial charge in [0, 0.05) is 33.2 Å². The first-order chi connectivity index (χ1) is 13.8. The van der Waals surface area contributed by atoms with Crippen LogP contribution in [0.1, 0.15) is 11.6 Å². The minimum absolute atomic E-state index is 0.205. The molecule has 1 amide bonds. The number of benzene rings is 2. The third kappa shape index (κ3) is 4.71. The monoisotopic (exact) mass is 417 g/mol. The molecule has 29 heavy (non-hydrogen) atoms. The molecule has 1 heterocycles. The van der Waals surface area contributed by atoms with Gasteiger partial charge in [-0.3, -0.25) is 4.79 Å². The molecule has 156 valence electrons. The van der Waals surface area contributed by atoms with E-state index in [9.17, 15) is 13.2 Å². The van der Waals surface area contributed by atoms with Crippen molar-refractivity contribution < 1.29 is 17.9 Å². The Bertz CT molecular complexity index is 941. The van der Waals surface area contributed by atoms with Gasteiger partial charge in [-0.2, -0.15) is 4.31 Å². The number of piperazine rings is 1. The summed E-state index contributed by atoms with van der Waals surface area (Å²) in [5.74, 6) is 0.593. The molecule has 0 spiro atoms. The van der Waals surface area contributed by atoms with Crippen LogP contribution in [0.2, 0.25) is 0 Å². The Kier molecular flexibility index (Phi) is 6.44. The zero-order valence-electron chi connectivity index (χ0n) is 17.0. The number of anilines is 1. The summed E-state index contributed by atoms with van der Waals surface area (Å²) in [7, 11) is -0.440. The van der Waals surface area contributed by atoms with Gasteiger partial charge in [0.2, 0.25) is 15.9 Å². The maximum absolute atomic E-state index is 13.3. The van der Waals surface area contributed by atoms with Gasteiger partial charge in [-0.05, 0) is 17.7 Å². The molecule has 8 heteroatoms. The first-order valence-electron chi connectivity index (χ1n) is 9.47. The van der Waals surface area contributed by atoms with Gasteiger partial charge in [0.15, 0.2) is 0 Å². The molecule has 0 aliphatic carbocycles. The van der Waals surface area contributed by atoms with Crippen LogP contribution in [0.25, 0.3) is 0 Å². The van der Waals surface area contributed by atoms with E-state index in [1.807, 2.05) is 42.5 Å². The Morgan fingerprint density at radius 3 is 2.17 bits per heavy atom. The minimum atomic E-state index is -3.54. The van der Waals surface area contributed by atoms with E-state index in [0.717, 1.165) is 22.0 Å². The van der Waals surface area contributed by atoms with E-state index in [1.165, 1.54) is 7.05 Å². The number of para-hydroxylation sites is 2. The number of hydrogen-bond acceptors (Lipinski definition) is 5. The molecule has 0 saturated carbocycles. The van der Waals surface area contributed by atoms with Crippen molar-refractivity contribution in [2.45, 2.75) is 6.04 Å². The molecule has 2 aromatic carbocycles. The van der Waals surface area contributed by atoms with E-state index in [2.05, 4.69) is 4.90 Å². The number of carbonyl (C=O) groups is 1. The van der Waals surface area contributed by atoms with E-state index in [1.54, 1.807) is 24.1 Å². The molecule has 0 bridgehead atoms. The predicted octanol–water partition coefficient (Wildman–Crippen LogP) is 1.98. The number of ether oxygens (including phenoxy) is 1. The van der Waals surface area contributed by atoms with Crippen LogP contribution in [-0.2, 0) is 14.8 Å². The number of carbonyl (C=O) groups excluding carboxylic acids is 1. The van der Waals surface area contributed by atoms with Crippen LogP contribution in [0.15, 0.2) is 54.6 Å². The number of sulfonamides is 1. The van der Waals surface area contributed by atoms with Crippen LogP contribution in [0.4, 0.5) is 5.69 Å². The van der Waals surface area contributed by atoms with E-state index in [-0.39, 0.29) is 5.91 Å². The van der Waals surface area contributed by atoms with Crippen LogP contribution >= 0.6 is 0 Å². The fraction of sp³-hybridized carbons (Fsp3) is 0.381. The van der Waals surface area contributed by atoms with Crippen molar-refractivity contribution >= 4 is 21.6 Å². The zero-order chi connectivity index (χ0) is 21.0. The number of rotatable bonds is 6. The highest BCUT2D eigenvalue weighted by molar-refractivity contribution is 7.88. The summed E-state index contributed by atoms with van der Waals surface area (Å²) in [5, 5.41) is 0. The maximum Gasteiger partial charge on any atom is 0.245 e. The molecule has 1 fully saturated rings. The van der Waals surface area contributed by atoms with Gasteiger partial charge in [-0.1, -0.05) is 42.5 Å². The van der Waals surface area contributed by atoms with Crippen molar-refractivity contribution in [2.75, 3.05) is 51.5 Å². The Balaban J connectivity index is 1.78. The van der Waals surface area contributed by atoms with Gasteiger partial charge in [0.25, 0.3) is 0 Å². The summed E-state index contributed by atoms with van der Waals surface area (Å²) >= 11 is 0. The zero-order valence-corrected chi connectivity index (χ0v) is 17.8. The number of methoxy groups -OCH3 is 1. The van der Waals surface area contributed by atoms with Crippen molar-refractivity contribution in [3.8, 4) is 5.75 Å². The predicted molar refractivity (Wildman–Crippen MR) is 114 cm³/mol. The Morgan fingerprint density at radius 2 is 1.59 bits per heavy atom. The fourth-order valence-electron chi connectivity index (χ4n) is 3.57. The van der Waals surface area contributed by atoms with Crippen molar-refractivity contribution in [1.29, 1.82) is 0 Å². The fourth-order valence-corrected chi connectivity index (χ4v) is 4.16. The molecular weight excluding hydrogens is 390 g/mol. The smallest absolute Gasteiger partial charge is 0.245 e. The third-order valence-electron chi connectivity index (χ3n) is 5.25. The molecule has 1 saturated heterocycles. The second-order valence-electron chi connectivity index (χ2n) is 7.08. The van der Waals surface area contributed by atoms with Crippen molar-refractivity contribution in [1.82, 2.24) is 9.21 Å². The third-order valence-corrected chi connectivity index (χ3v) is 6.51. The van der Waals surface area contributed by atoms with Gasteiger partial charge < -0.3 is 14.5 Å². The largest absolute Gasteiger partial charge is 0.495 e. The van der Waals surface area contributed by atoms with Gasteiger partial charge in [-0.25, -0.2) is 8.42 Å². The van der Waals surface area contributed by atoms with Gasteiger partial charge >= 0.3 is 0 Å². The van der Waals surface area contributed by atoms with Crippen molar-refractivity contribution in [3.05, 3.63) is 60.2 Å². The van der Waals surface area contributed by atoms with Crippen LogP contribution in [0.3, 0.4) is 0 Å². The molecule has 1 atom stereocenters. The lowest BCUT2D eigenvalue weighted by Gasteiger charge is -2.39. The van der Waals surface area contributed by atoms with E-state index in [4.69, 9.17) is 4.74 Å². The summed E-state index contributed by atoms with van der Waals surface area (Å²) in [6.45, 7) is 2.32. The lowest BCUT2D eigenvalue weighted by atomic mass is 10.1. The number of amides is 1. The molecule has 1 aliphatic rings. The highest BCUT2D eigenvalue weighted by Gasteiger charge is 2.35. The number of hydrogen-bond donors (Lipinski definition) is 0. The Labute approximate surface area is 172 Å². The van der Waals surface area contributed by atoms with Crippen LogP contribution in [-0.4, -0.2) is 70.1 Å². The summed E-state index contributed by atoms with van der Waals surface area (Å²) in [5.41, 5.74) is 1.66. The first-order valence-corrected chi connectivity index (χ1v) is 11.3. The van der Waals surface area contributed by atoms with Gasteiger partial charge in [-0.15, -0.1) is 0 Å². The van der Waals surface area contributed by atoms with Gasteiger partial charge in [0.05, 0.1) is 19.1 Å². The summed E-state index contributed by atoms with van der Waals surface area (Å²) < 4.78 is 30.9. The summed E-state index contributed by atoms with van der Waals surface area (Å²) in [6.07, 6.45) is 1.12. The maximum atomic E-state index is 13.3. The molecule has 3 rings (SSSR count). The van der Waals surface area contributed by atoms with Crippen LogP contribution in [0.5, 0.6) is 5.75 Å².